The normalized spacial score (nSPS) is 20.8. The van der Waals surface area contributed by atoms with E-state index in [-0.39, 0.29) is 0 Å². The van der Waals surface area contributed by atoms with E-state index in [1.165, 1.54) is 19.4 Å². The fourth-order valence-corrected chi connectivity index (χ4v) is 3.64. The van der Waals surface area contributed by atoms with Crippen LogP contribution in [0.4, 0.5) is 5.13 Å². The number of thiazole rings is 1. The minimum absolute atomic E-state index is 0.509. The van der Waals surface area contributed by atoms with Crippen molar-refractivity contribution < 1.29 is 0 Å². The Bertz CT molecular complexity index is 347. The van der Waals surface area contributed by atoms with E-state index < -0.39 is 0 Å². The number of hydrogen-bond acceptors (Lipinski definition) is 4. The van der Waals surface area contributed by atoms with E-state index in [1.807, 2.05) is 0 Å². The lowest BCUT2D eigenvalue weighted by molar-refractivity contribution is 0.371. The summed E-state index contributed by atoms with van der Waals surface area (Å²) in [4.78, 5) is 6.96. The molecule has 0 amide bonds. The van der Waals surface area contributed by atoms with E-state index in [0.29, 0.717) is 6.04 Å². The van der Waals surface area contributed by atoms with E-state index in [9.17, 15) is 0 Å². The molecule has 96 valence electrons. The molecule has 0 radical (unpaired) electrons. The van der Waals surface area contributed by atoms with Gasteiger partial charge >= 0.3 is 0 Å². The quantitative estimate of drug-likeness (QED) is 0.924. The van der Waals surface area contributed by atoms with Crippen molar-refractivity contribution in [1.82, 2.24) is 10.3 Å². The molecule has 1 aliphatic heterocycles. The smallest absolute Gasteiger partial charge is 0.186 e. The van der Waals surface area contributed by atoms with Gasteiger partial charge in [-0.3, -0.25) is 0 Å². The second-order valence-electron chi connectivity index (χ2n) is 4.91. The van der Waals surface area contributed by atoms with Crippen molar-refractivity contribution in [2.24, 2.45) is 5.92 Å². The lowest BCUT2D eigenvalue weighted by atomic mass is 9.99. The minimum atomic E-state index is 0.509. The van der Waals surface area contributed by atoms with Crippen molar-refractivity contribution in [2.75, 3.05) is 24.5 Å². The molecule has 17 heavy (non-hydrogen) atoms. The molecule has 0 saturated carbocycles. The molecule has 2 heterocycles. The molecular formula is C12H20BrN3S. The third-order valence-electron chi connectivity index (χ3n) is 3.19. The zero-order valence-electron chi connectivity index (χ0n) is 10.4. The first-order valence-electron chi connectivity index (χ1n) is 6.25. The summed E-state index contributed by atoms with van der Waals surface area (Å²) in [6.45, 7) is 7.93. The van der Waals surface area contributed by atoms with Crippen molar-refractivity contribution >= 4 is 32.4 Å². The number of halogens is 1. The zero-order valence-corrected chi connectivity index (χ0v) is 12.9. The predicted octanol–water partition coefficient (Wildman–Crippen LogP) is 3.12. The van der Waals surface area contributed by atoms with Gasteiger partial charge in [-0.25, -0.2) is 4.98 Å². The molecule has 1 aliphatic rings. The Morgan fingerprint density at radius 1 is 1.65 bits per heavy atom. The average molecular weight is 318 g/mol. The number of aromatic nitrogens is 1. The molecule has 1 unspecified atom stereocenters. The van der Waals surface area contributed by atoms with Crippen molar-refractivity contribution in [3.8, 4) is 0 Å². The van der Waals surface area contributed by atoms with Gasteiger partial charge in [0, 0.05) is 18.0 Å². The van der Waals surface area contributed by atoms with Gasteiger partial charge in [-0.1, -0.05) is 0 Å². The molecule has 1 aromatic heterocycles. The van der Waals surface area contributed by atoms with Crippen LogP contribution in [0.2, 0.25) is 0 Å². The Kier molecular flexibility index (Phi) is 4.82. The molecule has 1 N–H and O–H groups in total. The Morgan fingerprint density at radius 2 is 2.47 bits per heavy atom. The summed E-state index contributed by atoms with van der Waals surface area (Å²) >= 11 is 5.16. The minimum Gasteiger partial charge on any atom is -0.345 e. The van der Waals surface area contributed by atoms with Gasteiger partial charge in [0.1, 0.15) is 4.60 Å². The van der Waals surface area contributed by atoms with Crippen LogP contribution in [0.5, 0.6) is 0 Å². The van der Waals surface area contributed by atoms with Crippen LogP contribution in [0.25, 0.3) is 0 Å². The average Bonchev–Trinajstić information content (AvgIpc) is 2.73. The summed E-state index contributed by atoms with van der Waals surface area (Å²) in [6.07, 6.45) is 2.64. The molecular weight excluding hydrogens is 298 g/mol. The van der Waals surface area contributed by atoms with Gasteiger partial charge in [0.2, 0.25) is 0 Å². The fraction of sp³-hybridized carbons (Fsp3) is 0.750. The maximum absolute atomic E-state index is 4.54. The summed E-state index contributed by atoms with van der Waals surface area (Å²) in [5, 5.41) is 6.68. The molecule has 0 aliphatic carbocycles. The Hall–Kier alpha value is -0.130. The zero-order chi connectivity index (χ0) is 12.3. The molecule has 0 spiro atoms. The highest BCUT2D eigenvalue weighted by molar-refractivity contribution is 9.10. The molecule has 1 fully saturated rings. The first kappa shape index (κ1) is 13.3. The van der Waals surface area contributed by atoms with Gasteiger partial charge in [0.25, 0.3) is 0 Å². The molecule has 5 heteroatoms. The van der Waals surface area contributed by atoms with Crippen molar-refractivity contribution in [3.05, 3.63) is 9.98 Å². The Labute approximate surface area is 116 Å². The molecule has 1 aromatic rings. The molecule has 1 saturated heterocycles. The number of rotatable bonds is 4. The van der Waals surface area contributed by atoms with E-state index in [4.69, 9.17) is 0 Å². The van der Waals surface area contributed by atoms with E-state index in [2.05, 4.69) is 50.4 Å². The lowest BCUT2D eigenvalue weighted by Gasteiger charge is -2.32. The first-order chi connectivity index (χ1) is 8.16. The summed E-state index contributed by atoms with van der Waals surface area (Å²) in [7, 11) is 0. The highest BCUT2D eigenvalue weighted by Gasteiger charge is 2.21. The van der Waals surface area contributed by atoms with Crippen LogP contribution in [0.15, 0.2) is 9.98 Å². The summed E-state index contributed by atoms with van der Waals surface area (Å²) in [5.41, 5.74) is 0. The molecule has 2 rings (SSSR count). The van der Waals surface area contributed by atoms with Gasteiger partial charge in [-0.05, 0) is 61.6 Å². The number of piperidine rings is 1. The van der Waals surface area contributed by atoms with E-state index in [1.54, 1.807) is 11.3 Å². The maximum Gasteiger partial charge on any atom is 0.186 e. The van der Waals surface area contributed by atoms with Gasteiger partial charge in [-0.2, -0.15) is 0 Å². The number of anilines is 1. The summed E-state index contributed by atoms with van der Waals surface area (Å²) in [6, 6.07) is 0.509. The highest BCUT2D eigenvalue weighted by Crippen LogP contribution is 2.27. The number of hydrogen-bond donors (Lipinski definition) is 1. The molecule has 3 nitrogen and oxygen atoms in total. The standard InChI is InChI=1S/C12H20BrN3S/c1-9(2)16(12-15-11(13)8-17-12)7-10-4-3-5-14-6-10/h8-10,14H,3-7H2,1-2H3. The van der Waals surface area contributed by atoms with E-state index in [0.717, 1.165) is 28.7 Å². The van der Waals surface area contributed by atoms with E-state index >= 15 is 0 Å². The third-order valence-corrected chi connectivity index (χ3v) is 4.77. The van der Waals surface area contributed by atoms with Crippen LogP contribution in [-0.2, 0) is 0 Å². The van der Waals surface area contributed by atoms with Gasteiger partial charge in [0.15, 0.2) is 5.13 Å². The first-order valence-corrected chi connectivity index (χ1v) is 7.92. The highest BCUT2D eigenvalue weighted by atomic mass is 79.9. The fourth-order valence-electron chi connectivity index (χ4n) is 2.25. The third kappa shape index (κ3) is 3.66. The maximum atomic E-state index is 4.54. The summed E-state index contributed by atoms with van der Waals surface area (Å²) < 4.78 is 0.949. The molecule has 0 aromatic carbocycles. The second-order valence-corrected chi connectivity index (χ2v) is 6.56. The number of nitrogens with one attached hydrogen (secondary N) is 1. The van der Waals surface area contributed by atoms with Crippen molar-refractivity contribution in [2.45, 2.75) is 32.7 Å². The van der Waals surface area contributed by atoms with Gasteiger partial charge < -0.3 is 10.2 Å². The van der Waals surface area contributed by atoms with Crippen LogP contribution in [0.3, 0.4) is 0 Å². The van der Waals surface area contributed by atoms with Crippen LogP contribution < -0.4 is 10.2 Å². The second kappa shape index (κ2) is 6.16. The monoisotopic (exact) mass is 317 g/mol. The topological polar surface area (TPSA) is 28.2 Å². The Morgan fingerprint density at radius 3 is 3.00 bits per heavy atom. The Balaban J connectivity index is 2.01. The molecule has 0 bridgehead atoms. The summed E-state index contributed by atoms with van der Waals surface area (Å²) in [5.74, 6) is 0.758. The van der Waals surface area contributed by atoms with Gasteiger partial charge in [0.05, 0.1) is 0 Å². The predicted molar refractivity (Wildman–Crippen MR) is 77.9 cm³/mol. The SMILES string of the molecule is CC(C)N(CC1CCCNC1)c1nc(Br)cs1. The van der Waals surface area contributed by atoms with Crippen LogP contribution >= 0.6 is 27.3 Å². The van der Waals surface area contributed by atoms with Crippen LogP contribution in [0, 0.1) is 5.92 Å². The number of nitrogens with zero attached hydrogens (tertiary/aromatic N) is 2. The van der Waals surface area contributed by atoms with Crippen molar-refractivity contribution in [3.63, 3.8) is 0 Å². The lowest BCUT2D eigenvalue weighted by Crippen LogP contribution is -2.41. The van der Waals surface area contributed by atoms with Gasteiger partial charge in [-0.15, -0.1) is 11.3 Å². The van der Waals surface area contributed by atoms with Crippen molar-refractivity contribution in [1.29, 1.82) is 0 Å². The van der Waals surface area contributed by atoms with Crippen LogP contribution in [0.1, 0.15) is 26.7 Å². The molecule has 1 atom stereocenters. The van der Waals surface area contributed by atoms with Crippen LogP contribution in [-0.4, -0.2) is 30.7 Å². The largest absolute Gasteiger partial charge is 0.345 e.